The van der Waals surface area contributed by atoms with Crippen LogP contribution in [-0.2, 0) is 11.8 Å². The minimum Gasteiger partial charge on any atom is -0.316 e. The van der Waals surface area contributed by atoms with E-state index in [-0.39, 0.29) is 11.0 Å². The average Bonchev–Trinajstić information content (AvgIpc) is 2.84. The van der Waals surface area contributed by atoms with Crippen molar-refractivity contribution in [3.05, 3.63) is 33.9 Å². The van der Waals surface area contributed by atoms with Crippen LogP contribution in [0.1, 0.15) is 44.9 Å². The summed E-state index contributed by atoms with van der Waals surface area (Å²) in [5.74, 6) is 0.588. The van der Waals surface area contributed by atoms with Gasteiger partial charge >= 0.3 is 0 Å². The first-order valence-electron chi connectivity index (χ1n) is 7.76. The van der Waals surface area contributed by atoms with E-state index in [0.717, 1.165) is 36.4 Å². The third-order valence-corrected chi connectivity index (χ3v) is 4.26. The molecule has 1 saturated heterocycles. The third-order valence-electron chi connectivity index (χ3n) is 4.26. The molecule has 21 heavy (non-hydrogen) atoms. The fourth-order valence-corrected chi connectivity index (χ4v) is 3.08. The van der Waals surface area contributed by atoms with Crippen molar-refractivity contribution in [3.63, 3.8) is 0 Å². The first-order chi connectivity index (χ1) is 9.95. The smallest absolute Gasteiger partial charge is 0.272 e. The van der Waals surface area contributed by atoms with Gasteiger partial charge in [0.15, 0.2) is 5.65 Å². The van der Waals surface area contributed by atoms with Gasteiger partial charge in [0.05, 0.1) is 0 Å². The standard InChI is InChI=1S/C16H24N4O/c1-16(2,3)13-10-18-20-14(21)8-12(19-15(13)20)7-11-5-4-6-17-9-11/h8,10-11,17-18H,4-7,9H2,1-3H3. The van der Waals surface area contributed by atoms with E-state index < -0.39 is 0 Å². The van der Waals surface area contributed by atoms with Crippen LogP contribution in [0.5, 0.6) is 0 Å². The van der Waals surface area contributed by atoms with Crippen LogP contribution in [-0.4, -0.2) is 27.7 Å². The number of aromatic nitrogens is 3. The average molecular weight is 288 g/mol. The van der Waals surface area contributed by atoms with Crippen LogP contribution in [0.4, 0.5) is 0 Å². The molecule has 0 aliphatic carbocycles. The summed E-state index contributed by atoms with van der Waals surface area (Å²) in [7, 11) is 0. The maximum absolute atomic E-state index is 12.3. The number of hydrogen-bond acceptors (Lipinski definition) is 3. The summed E-state index contributed by atoms with van der Waals surface area (Å²) in [5.41, 5.74) is 2.72. The molecule has 3 heterocycles. The third kappa shape index (κ3) is 2.88. The highest BCUT2D eigenvalue weighted by Crippen LogP contribution is 2.25. The van der Waals surface area contributed by atoms with Gasteiger partial charge in [-0.2, -0.15) is 0 Å². The molecule has 1 fully saturated rings. The fraction of sp³-hybridized carbons (Fsp3) is 0.625. The Hall–Kier alpha value is -1.62. The number of nitrogens with zero attached hydrogens (tertiary/aromatic N) is 2. The lowest BCUT2D eigenvalue weighted by atomic mass is 9.89. The summed E-state index contributed by atoms with van der Waals surface area (Å²) in [4.78, 5) is 17.0. The molecule has 3 rings (SSSR count). The molecule has 0 bridgehead atoms. The van der Waals surface area contributed by atoms with E-state index in [2.05, 4.69) is 31.2 Å². The maximum Gasteiger partial charge on any atom is 0.272 e. The molecule has 114 valence electrons. The highest BCUT2D eigenvalue weighted by molar-refractivity contribution is 5.50. The summed E-state index contributed by atoms with van der Waals surface area (Å²) >= 11 is 0. The van der Waals surface area contributed by atoms with E-state index in [4.69, 9.17) is 4.98 Å². The molecule has 2 aromatic heterocycles. The zero-order chi connectivity index (χ0) is 15.0. The van der Waals surface area contributed by atoms with Gasteiger partial charge in [-0.3, -0.25) is 9.89 Å². The van der Waals surface area contributed by atoms with E-state index in [1.54, 1.807) is 10.6 Å². The summed E-state index contributed by atoms with van der Waals surface area (Å²) in [6.07, 6.45) is 5.21. The van der Waals surface area contributed by atoms with Crippen molar-refractivity contribution in [1.82, 2.24) is 19.9 Å². The molecule has 0 aromatic carbocycles. The lowest BCUT2D eigenvalue weighted by Gasteiger charge is -2.22. The Kier molecular flexibility index (Phi) is 3.61. The van der Waals surface area contributed by atoms with E-state index in [1.165, 1.54) is 12.8 Å². The van der Waals surface area contributed by atoms with E-state index >= 15 is 0 Å². The minimum atomic E-state index is -0.0320. The van der Waals surface area contributed by atoms with Crippen molar-refractivity contribution in [2.45, 2.75) is 45.4 Å². The van der Waals surface area contributed by atoms with Gasteiger partial charge in [-0.1, -0.05) is 20.8 Å². The molecule has 1 atom stereocenters. The second-order valence-electron chi connectivity index (χ2n) is 7.10. The highest BCUT2D eigenvalue weighted by atomic mass is 16.1. The minimum absolute atomic E-state index is 0.0192. The second kappa shape index (κ2) is 5.30. The zero-order valence-corrected chi connectivity index (χ0v) is 13.1. The van der Waals surface area contributed by atoms with Crippen molar-refractivity contribution in [3.8, 4) is 0 Å². The molecule has 0 saturated carbocycles. The molecule has 1 unspecified atom stereocenters. The number of rotatable bonds is 2. The topological polar surface area (TPSA) is 62.2 Å². The Balaban J connectivity index is 1.98. The Bertz CT molecular complexity index is 686. The van der Waals surface area contributed by atoms with Gasteiger partial charge in [-0.25, -0.2) is 9.50 Å². The number of fused-ring (bicyclic) bond motifs is 1. The summed E-state index contributed by atoms with van der Waals surface area (Å²) in [6, 6.07) is 1.67. The number of hydrogen-bond donors (Lipinski definition) is 2. The van der Waals surface area contributed by atoms with Crippen LogP contribution in [0, 0.1) is 5.92 Å². The van der Waals surface area contributed by atoms with Crippen LogP contribution in [0.25, 0.3) is 5.65 Å². The zero-order valence-electron chi connectivity index (χ0n) is 13.1. The lowest BCUT2D eigenvalue weighted by molar-refractivity contribution is 0.373. The van der Waals surface area contributed by atoms with Crippen molar-refractivity contribution >= 4 is 5.65 Å². The van der Waals surface area contributed by atoms with Crippen molar-refractivity contribution in [1.29, 1.82) is 0 Å². The van der Waals surface area contributed by atoms with Crippen LogP contribution < -0.4 is 10.9 Å². The molecular weight excluding hydrogens is 264 g/mol. The predicted molar refractivity (Wildman–Crippen MR) is 83.8 cm³/mol. The Morgan fingerprint density at radius 1 is 1.43 bits per heavy atom. The van der Waals surface area contributed by atoms with Crippen molar-refractivity contribution in [2.75, 3.05) is 13.1 Å². The second-order valence-corrected chi connectivity index (χ2v) is 7.10. The molecule has 1 aliphatic heterocycles. The molecule has 2 N–H and O–H groups in total. The largest absolute Gasteiger partial charge is 0.316 e. The number of aromatic amines is 1. The molecule has 5 nitrogen and oxygen atoms in total. The predicted octanol–water partition coefficient (Wildman–Crippen LogP) is 1.86. The van der Waals surface area contributed by atoms with Crippen molar-refractivity contribution < 1.29 is 0 Å². The lowest BCUT2D eigenvalue weighted by Crippen LogP contribution is -2.31. The molecule has 2 aromatic rings. The van der Waals surface area contributed by atoms with E-state index in [9.17, 15) is 4.79 Å². The van der Waals surface area contributed by atoms with Gasteiger partial charge in [0.25, 0.3) is 5.56 Å². The number of H-pyrrole nitrogens is 1. The normalized spacial score (nSPS) is 20.0. The molecule has 0 amide bonds. The Morgan fingerprint density at radius 2 is 2.24 bits per heavy atom. The van der Waals surface area contributed by atoms with Crippen LogP contribution in [0.15, 0.2) is 17.1 Å². The molecule has 5 heteroatoms. The monoisotopic (exact) mass is 288 g/mol. The Morgan fingerprint density at radius 3 is 2.90 bits per heavy atom. The molecule has 0 radical (unpaired) electrons. The van der Waals surface area contributed by atoms with Gasteiger partial charge in [0.2, 0.25) is 0 Å². The van der Waals surface area contributed by atoms with Gasteiger partial charge in [-0.15, -0.1) is 0 Å². The van der Waals surface area contributed by atoms with Crippen molar-refractivity contribution in [2.24, 2.45) is 5.92 Å². The first-order valence-corrected chi connectivity index (χ1v) is 7.76. The fourth-order valence-electron chi connectivity index (χ4n) is 3.08. The van der Waals surface area contributed by atoms with Gasteiger partial charge in [0, 0.05) is 23.5 Å². The molecule has 1 aliphatic rings. The summed E-state index contributed by atoms with van der Waals surface area (Å²) < 4.78 is 1.54. The van der Waals surface area contributed by atoms with Crippen LogP contribution >= 0.6 is 0 Å². The summed E-state index contributed by atoms with van der Waals surface area (Å²) in [5, 5.41) is 6.44. The number of nitrogens with one attached hydrogen (secondary N) is 2. The van der Waals surface area contributed by atoms with Crippen LogP contribution in [0.3, 0.4) is 0 Å². The molecule has 0 spiro atoms. The van der Waals surface area contributed by atoms with Gasteiger partial charge < -0.3 is 5.32 Å². The first kappa shape index (κ1) is 14.3. The van der Waals surface area contributed by atoms with E-state index in [1.807, 2.05) is 6.20 Å². The number of piperidine rings is 1. The van der Waals surface area contributed by atoms with Gasteiger partial charge in [0.1, 0.15) is 0 Å². The quantitative estimate of drug-likeness (QED) is 0.886. The van der Waals surface area contributed by atoms with Gasteiger partial charge in [-0.05, 0) is 43.7 Å². The molecular formula is C16H24N4O. The Labute approximate surface area is 124 Å². The SMILES string of the molecule is CC(C)(C)c1c[nH]n2c(=O)cc(CC3CCCNC3)nc12. The van der Waals surface area contributed by atoms with Crippen LogP contribution in [0.2, 0.25) is 0 Å². The maximum atomic E-state index is 12.3. The highest BCUT2D eigenvalue weighted by Gasteiger charge is 2.21. The summed E-state index contributed by atoms with van der Waals surface area (Å²) in [6.45, 7) is 8.55. The van der Waals surface area contributed by atoms with E-state index in [0.29, 0.717) is 5.92 Å².